The minimum Gasteiger partial charge on any atom is -0.395 e. The third-order valence-electron chi connectivity index (χ3n) is 1.55. The Hall–Kier alpha value is -0.800. The van der Waals surface area contributed by atoms with E-state index in [2.05, 4.69) is 20.9 Å². The minimum atomic E-state index is -4.11. The second kappa shape index (κ2) is 3.99. The fourth-order valence-electron chi connectivity index (χ4n) is 0.883. The Bertz CT molecular complexity index is 491. The van der Waals surface area contributed by atoms with Gasteiger partial charge in [0.1, 0.15) is 0 Å². The molecule has 0 aliphatic rings. The lowest BCUT2D eigenvalue weighted by atomic mass is 10.3. The number of hydrogen-bond acceptors (Lipinski definition) is 4. The van der Waals surface area contributed by atoms with Crippen molar-refractivity contribution in [2.24, 2.45) is 5.14 Å². The van der Waals surface area contributed by atoms with Crippen molar-refractivity contribution >= 4 is 31.6 Å². The molecule has 15 heavy (non-hydrogen) atoms. The van der Waals surface area contributed by atoms with E-state index in [-0.39, 0.29) is 4.47 Å². The Balaban J connectivity index is 3.48. The molecule has 0 saturated carbocycles. The van der Waals surface area contributed by atoms with Crippen molar-refractivity contribution in [3.8, 4) is 0 Å². The van der Waals surface area contributed by atoms with E-state index in [0.717, 1.165) is 0 Å². The molecule has 0 bridgehead atoms. The average molecular weight is 302 g/mol. The summed E-state index contributed by atoms with van der Waals surface area (Å²) in [5, 5.41) is 4.15. The first kappa shape index (κ1) is 12.3. The largest absolute Gasteiger partial charge is 0.395 e. The standard InChI is InChI=1S/C6H6BrF2N3O2S/c7-3-2(5(8)9)1-12-6(4(3)10)15(11,13)14/h1,5H,10H2,(H2,11,13,14). The van der Waals surface area contributed by atoms with Gasteiger partial charge in [-0.05, 0) is 15.9 Å². The molecule has 0 atom stereocenters. The summed E-state index contributed by atoms with van der Waals surface area (Å²) in [5.74, 6) is 0. The maximum atomic E-state index is 12.3. The van der Waals surface area contributed by atoms with Crippen LogP contribution < -0.4 is 10.9 Å². The lowest BCUT2D eigenvalue weighted by molar-refractivity contribution is 0.150. The summed E-state index contributed by atoms with van der Waals surface area (Å²) in [6, 6.07) is 0. The lowest BCUT2D eigenvalue weighted by Gasteiger charge is -2.08. The van der Waals surface area contributed by atoms with Crippen LogP contribution in [0.4, 0.5) is 14.5 Å². The van der Waals surface area contributed by atoms with Crippen LogP contribution in [0.2, 0.25) is 0 Å². The molecule has 9 heteroatoms. The highest BCUT2D eigenvalue weighted by Gasteiger charge is 2.22. The molecule has 0 aliphatic carbocycles. The molecule has 0 aliphatic heterocycles. The number of alkyl halides is 2. The van der Waals surface area contributed by atoms with Gasteiger partial charge in [0.25, 0.3) is 16.4 Å². The van der Waals surface area contributed by atoms with Crippen molar-refractivity contribution < 1.29 is 17.2 Å². The predicted molar refractivity (Wildman–Crippen MR) is 52.7 cm³/mol. The number of aromatic nitrogens is 1. The average Bonchev–Trinajstić information content (AvgIpc) is 2.06. The Labute approximate surface area is 92.7 Å². The van der Waals surface area contributed by atoms with Crippen LogP contribution in [0.1, 0.15) is 12.0 Å². The van der Waals surface area contributed by atoms with Gasteiger partial charge in [0.05, 0.1) is 15.7 Å². The first-order valence-electron chi connectivity index (χ1n) is 3.50. The van der Waals surface area contributed by atoms with E-state index >= 15 is 0 Å². The van der Waals surface area contributed by atoms with Gasteiger partial charge in [-0.2, -0.15) is 0 Å². The Morgan fingerprint density at radius 1 is 1.47 bits per heavy atom. The first-order valence-corrected chi connectivity index (χ1v) is 5.84. The van der Waals surface area contributed by atoms with E-state index in [9.17, 15) is 17.2 Å². The maximum absolute atomic E-state index is 12.3. The zero-order chi connectivity index (χ0) is 11.8. The number of nitrogens with two attached hydrogens (primary N) is 2. The van der Waals surface area contributed by atoms with Crippen LogP contribution in [0.15, 0.2) is 15.7 Å². The summed E-state index contributed by atoms with van der Waals surface area (Å²) in [4.78, 5) is 3.28. The van der Waals surface area contributed by atoms with Gasteiger partial charge >= 0.3 is 0 Å². The molecular weight excluding hydrogens is 296 g/mol. The molecule has 84 valence electrons. The summed E-state index contributed by atoms with van der Waals surface area (Å²) in [5.41, 5.74) is 4.40. The molecule has 0 unspecified atom stereocenters. The normalized spacial score (nSPS) is 12.1. The maximum Gasteiger partial charge on any atom is 0.266 e. The number of rotatable bonds is 2. The predicted octanol–water partition coefficient (Wildman–Crippen LogP) is 1.01. The number of pyridine rings is 1. The molecule has 1 rings (SSSR count). The molecule has 5 nitrogen and oxygen atoms in total. The third kappa shape index (κ3) is 2.41. The number of hydrogen-bond donors (Lipinski definition) is 2. The van der Waals surface area contributed by atoms with Crippen LogP contribution in [-0.2, 0) is 10.0 Å². The minimum absolute atomic E-state index is 0.212. The van der Waals surface area contributed by atoms with Gasteiger partial charge in [0, 0.05) is 6.20 Å². The zero-order valence-electron chi connectivity index (χ0n) is 7.12. The van der Waals surface area contributed by atoms with Crippen LogP contribution >= 0.6 is 15.9 Å². The second-order valence-corrected chi connectivity index (χ2v) is 4.86. The van der Waals surface area contributed by atoms with E-state index in [1.165, 1.54) is 0 Å². The van der Waals surface area contributed by atoms with Gasteiger partial charge in [-0.25, -0.2) is 27.3 Å². The number of anilines is 1. The summed E-state index contributed by atoms with van der Waals surface area (Å²) in [6.07, 6.45) is -2.09. The summed E-state index contributed by atoms with van der Waals surface area (Å²) in [6.45, 7) is 0. The molecule has 4 N–H and O–H groups in total. The fraction of sp³-hybridized carbons (Fsp3) is 0.167. The fourth-order valence-corrected chi connectivity index (χ4v) is 2.09. The van der Waals surface area contributed by atoms with Gasteiger partial charge in [0.2, 0.25) is 0 Å². The van der Waals surface area contributed by atoms with Crippen LogP contribution in [0, 0.1) is 0 Å². The third-order valence-corrected chi connectivity index (χ3v) is 3.30. The van der Waals surface area contributed by atoms with Gasteiger partial charge < -0.3 is 5.73 Å². The lowest BCUT2D eigenvalue weighted by Crippen LogP contribution is -2.17. The van der Waals surface area contributed by atoms with Crippen LogP contribution in [-0.4, -0.2) is 13.4 Å². The number of nitrogens with zero attached hydrogens (tertiary/aromatic N) is 1. The smallest absolute Gasteiger partial charge is 0.266 e. The van der Waals surface area contributed by atoms with Crippen LogP contribution in [0.25, 0.3) is 0 Å². The molecule has 0 fully saturated rings. The van der Waals surface area contributed by atoms with Crippen molar-refractivity contribution in [1.29, 1.82) is 0 Å². The molecule has 0 amide bonds. The second-order valence-electron chi connectivity index (χ2n) is 2.59. The van der Waals surface area contributed by atoms with E-state index < -0.39 is 32.7 Å². The molecule has 1 aromatic heterocycles. The van der Waals surface area contributed by atoms with Gasteiger partial charge in [0.15, 0.2) is 5.03 Å². The quantitative estimate of drug-likeness (QED) is 0.851. The van der Waals surface area contributed by atoms with E-state index in [0.29, 0.717) is 6.20 Å². The van der Waals surface area contributed by atoms with Gasteiger partial charge in [-0.1, -0.05) is 0 Å². The molecule has 0 aromatic carbocycles. The highest BCUT2D eigenvalue weighted by molar-refractivity contribution is 9.10. The summed E-state index contributed by atoms with van der Waals surface area (Å²) in [7, 11) is -4.11. The van der Waals surface area contributed by atoms with E-state index in [1.807, 2.05) is 0 Å². The number of nitrogen functional groups attached to an aromatic ring is 1. The molecule has 1 heterocycles. The first-order chi connectivity index (χ1) is 6.75. The monoisotopic (exact) mass is 301 g/mol. The van der Waals surface area contributed by atoms with Gasteiger partial charge in [-0.15, -0.1) is 0 Å². The van der Waals surface area contributed by atoms with Crippen molar-refractivity contribution in [2.45, 2.75) is 11.5 Å². The highest BCUT2D eigenvalue weighted by atomic mass is 79.9. The van der Waals surface area contributed by atoms with Crippen LogP contribution in [0.5, 0.6) is 0 Å². The molecular formula is C6H6BrF2N3O2S. The molecule has 0 radical (unpaired) electrons. The molecule has 0 spiro atoms. The number of halogens is 3. The van der Waals surface area contributed by atoms with Crippen molar-refractivity contribution in [2.75, 3.05) is 5.73 Å². The van der Waals surface area contributed by atoms with Crippen LogP contribution in [0.3, 0.4) is 0 Å². The van der Waals surface area contributed by atoms with Crippen molar-refractivity contribution in [1.82, 2.24) is 4.98 Å². The summed E-state index contributed by atoms with van der Waals surface area (Å²) < 4.78 is 46.3. The Kier molecular flexibility index (Phi) is 3.26. The summed E-state index contributed by atoms with van der Waals surface area (Å²) >= 11 is 2.76. The molecule has 0 saturated heterocycles. The Morgan fingerprint density at radius 2 is 2.00 bits per heavy atom. The number of sulfonamides is 1. The van der Waals surface area contributed by atoms with Gasteiger partial charge in [-0.3, -0.25) is 0 Å². The van der Waals surface area contributed by atoms with E-state index in [4.69, 9.17) is 10.9 Å². The van der Waals surface area contributed by atoms with Crippen molar-refractivity contribution in [3.05, 3.63) is 16.2 Å². The number of primary sulfonamides is 1. The zero-order valence-corrected chi connectivity index (χ0v) is 9.52. The topological polar surface area (TPSA) is 99.1 Å². The SMILES string of the molecule is Nc1c(S(N)(=O)=O)ncc(C(F)F)c1Br. The highest BCUT2D eigenvalue weighted by Crippen LogP contribution is 2.33. The Morgan fingerprint density at radius 3 is 2.40 bits per heavy atom. The van der Waals surface area contributed by atoms with Crippen molar-refractivity contribution in [3.63, 3.8) is 0 Å². The van der Waals surface area contributed by atoms with E-state index in [1.54, 1.807) is 0 Å². The molecule has 1 aromatic rings.